The van der Waals surface area contributed by atoms with Crippen molar-refractivity contribution in [2.24, 2.45) is 5.92 Å². The quantitative estimate of drug-likeness (QED) is 0.893. The Hall–Kier alpha value is -1.59. The van der Waals surface area contributed by atoms with Gasteiger partial charge in [0.25, 0.3) is 5.91 Å². The molecule has 0 radical (unpaired) electrons. The maximum Gasteiger partial charge on any atom is 0.335 e. The van der Waals surface area contributed by atoms with Crippen LogP contribution in [0.1, 0.15) is 23.7 Å². The molecule has 1 fully saturated rings. The van der Waals surface area contributed by atoms with E-state index in [0.29, 0.717) is 11.6 Å². The lowest BCUT2D eigenvalue weighted by Gasteiger charge is -2.15. The topological polar surface area (TPSA) is 75.6 Å². The summed E-state index contributed by atoms with van der Waals surface area (Å²) in [4.78, 5) is 22.9. The number of carbonyl (C=O) groups is 2. The van der Waals surface area contributed by atoms with E-state index < -0.39 is 12.1 Å². The van der Waals surface area contributed by atoms with Gasteiger partial charge in [-0.05, 0) is 30.5 Å². The van der Waals surface area contributed by atoms with E-state index in [1.54, 1.807) is 0 Å². The molecule has 5 nitrogen and oxygen atoms in total. The van der Waals surface area contributed by atoms with Crippen molar-refractivity contribution in [1.29, 1.82) is 0 Å². The number of halogens is 1. The lowest BCUT2D eigenvalue weighted by Crippen LogP contribution is -2.31. The Morgan fingerprint density at radius 2 is 2.21 bits per heavy atom. The van der Waals surface area contributed by atoms with Crippen LogP contribution < -0.4 is 5.32 Å². The highest BCUT2D eigenvalue weighted by Crippen LogP contribution is 2.26. The fourth-order valence-corrected chi connectivity index (χ4v) is 2.15. The van der Waals surface area contributed by atoms with Crippen LogP contribution in [0.5, 0.6) is 0 Å². The van der Waals surface area contributed by atoms with Crippen molar-refractivity contribution in [2.75, 3.05) is 11.9 Å². The average Bonchev–Trinajstić information content (AvgIpc) is 2.78. The van der Waals surface area contributed by atoms with E-state index in [4.69, 9.17) is 21.4 Å². The minimum atomic E-state index is -1.07. The Labute approximate surface area is 115 Å². The standard InChI is InChI=1S/C13H14ClNO4/c1-7-4-5-19-11(7)12(16)15-10-6-8(13(17)18)2-3-9(10)14/h2-3,6-7,11H,4-5H2,1H3,(H,15,16)(H,17,18). The number of hydrogen-bond donors (Lipinski definition) is 2. The summed E-state index contributed by atoms with van der Waals surface area (Å²) in [6.07, 6.45) is 0.325. The molecular formula is C13H14ClNO4. The van der Waals surface area contributed by atoms with Gasteiger partial charge in [0, 0.05) is 6.61 Å². The van der Waals surface area contributed by atoms with Crippen LogP contribution in [-0.4, -0.2) is 29.7 Å². The summed E-state index contributed by atoms with van der Waals surface area (Å²) in [5.41, 5.74) is 0.356. The first-order chi connectivity index (χ1) is 8.99. The third kappa shape index (κ3) is 3.05. The van der Waals surface area contributed by atoms with E-state index in [9.17, 15) is 9.59 Å². The first kappa shape index (κ1) is 13.8. The lowest BCUT2D eigenvalue weighted by atomic mass is 10.0. The van der Waals surface area contributed by atoms with Gasteiger partial charge >= 0.3 is 5.97 Å². The zero-order valence-electron chi connectivity index (χ0n) is 10.4. The number of anilines is 1. The minimum absolute atomic E-state index is 0.0695. The lowest BCUT2D eigenvalue weighted by molar-refractivity contribution is -0.126. The first-order valence-corrected chi connectivity index (χ1v) is 6.32. The van der Waals surface area contributed by atoms with Crippen LogP contribution in [0.4, 0.5) is 5.69 Å². The van der Waals surface area contributed by atoms with E-state index in [1.807, 2.05) is 6.92 Å². The van der Waals surface area contributed by atoms with Crippen LogP contribution in [0.3, 0.4) is 0 Å². The molecule has 2 N–H and O–H groups in total. The van der Waals surface area contributed by atoms with Crippen molar-refractivity contribution < 1.29 is 19.4 Å². The Kier molecular flexibility index (Phi) is 4.07. The van der Waals surface area contributed by atoms with Crippen LogP contribution in [0.15, 0.2) is 18.2 Å². The molecule has 0 aliphatic carbocycles. The summed E-state index contributed by atoms with van der Waals surface area (Å²) in [7, 11) is 0. The molecule has 2 atom stereocenters. The van der Waals surface area contributed by atoms with Gasteiger partial charge in [0.15, 0.2) is 0 Å². The highest BCUT2D eigenvalue weighted by molar-refractivity contribution is 6.33. The molecule has 1 aromatic rings. The molecule has 19 heavy (non-hydrogen) atoms. The maximum atomic E-state index is 12.0. The van der Waals surface area contributed by atoms with Gasteiger partial charge in [-0.25, -0.2) is 4.79 Å². The zero-order valence-corrected chi connectivity index (χ0v) is 11.1. The van der Waals surface area contributed by atoms with Crippen molar-refractivity contribution >= 4 is 29.2 Å². The molecule has 1 amide bonds. The maximum absolute atomic E-state index is 12.0. The second-order valence-corrected chi connectivity index (χ2v) is 4.95. The predicted octanol–water partition coefficient (Wildman–Crippen LogP) is 2.40. The van der Waals surface area contributed by atoms with Gasteiger partial charge in [-0.2, -0.15) is 0 Å². The summed E-state index contributed by atoms with van der Waals surface area (Å²) < 4.78 is 5.35. The summed E-state index contributed by atoms with van der Waals surface area (Å²) >= 11 is 5.94. The monoisotopic (exact) mass is 283 g/mol. The summed E-state index contributed by atoms with van der Waals surface area (Å²) in [5, 5.41) is 11.8. The molecule has 0 aromatic heterocycles. The molecule has 1 heterocycles. The Morgan fingerprint density at radius 1 is 1.47 bits per heavy atom. The highest BCUT2D eigenvalue weighted by atomic mass is 35.5. The Morgan fingerprint density at radius 3 is 2.79 bits per heavy atom. The Balaban J connectivity index is 2.16. The normalized spacial score (nSPS) is 22.2. The molecule has 2 unspecified atom stereocenters. The molecule has 0 spiro atoms. The number of carboxylic acids is 1. The summed E-state index contributed by atoms with van der Waals surface area (Å²) in [6, 6.07) is 4.16. The molecule has 0 saturated carbocycles. The number of benzene rings is 1. The van der Waals surface area contributed by atoms with E-state index >= 15 is 0 Å². The first-order valence-electron chi connectivity index (χ1n) is 5.94. The fourth-order valence-electron chi connectivity index (χ4n) is 1.99. The van der Waals surface area contributed by atoms with Crippen molar-refractivity contribution in [3.8, 4) is 0 Å². The van der Waals surface area contributed by atoms with Gasteiger partial charge in [0.1, 0.15) is 6.10 Å². The van der Waals surface area contributed by atoms with Crippen molar-refractivity contribution in [1.82, 2.24) is 0 Å². The zero-order chi connectivity index (χ0) is 14.0. The number of amides is 1. The Bertz CT molecular complexity index is 517. The summed E-state index contributed by atoms with van der Waals surface area (Å²) in [6.45, 7) is 2.49. The number of carbonyl (C=O) groups excluding carboxylic acids is 1. The molecule has 1 saturated heterocycles. The van der Waals surface area contributed by atoms with Crippen molar-refractivity contribution in [3.63, 3.8) is 0 Å². The van der Waals surface area contributed by atoms with Crippen LogP contribution in [-0.2, 0) is 9.53 Å². The second kappa shape index (κ2) is 5.59. The number of rotatable bonds is 3. The molecule has 0 bridgehead atoms. The largest absolute Gasteiger partial charge is 0.478 e. The van der Waals surface area contributed by atoms with Gasteiger partial charge in [0.05, 0.1) is 16.3 Å². The third-order valence-electron chi connectivity index (χ3n) is 3.12. The van der Waals surface area contributed by atoms with E-state index in [1.165, 1.54) is 18.2 Å². The highest BCUT2D eigenvalue weighted by Gasteiger charge is 2.31. The number of aromatic carboxylic acids is 1. The van der Waals surface area contributed by atoms with E-state index in [2.05, 4.69) is 5.32 Å². The molecule has 1 aliphatic rings. The predicted molar refractivity (Wildman–Crippen MR) is 70.6 cm³/mol. The molecule has 102 valence electrons. The van der Waals surface area contributed by atoms with Gasteiger partial charge < -0.3 is 15.2 Å². The third-order valence-corrected chi connectivity index (χ3v) is 3.45. The summed E-state index contributed by atoms with van der Waals surface area (Å²) in [5.74, 6) is -1.23. The number of ether oxygens (including phenoxy) is 1. The van der Waals surface area contributed by atoms with Crippen LogP contribution >= 0.6 is 11.6 Å². The fraction of sp³-hybridized carbons (Fsp3) is 0.385. The smallest absolute Gasteiger partial charge is 0.335 e. The molecule has 2 rings (SSSR count). The SMILES string of the molecule is CC1CCOC1C(=O)Nc1cc(C(=O)O)ccc1Cl. The van der Waals surface area contributed by atoms with Crippen LogP contribution in [0.25, 0.3) is 0 Å². The number of carboxylic acid groups (broad SMARTS) is 1. The molecule has 1 aliphatic heterocycles. The average molecular weight is 284 g/mol. The van der Waals surface area contributed by atoms with E-state index in [-0.39, 0.29) is 23.1 Å². The van der Waals surface area contributed by atoms with Crippen LogP contribution in [0, 0.1) is 5.92 Å². The minimum Gasteiger partial charge on any atom is -0.478 e. The number of hydrogen-bond acceptors (Lipinski definition) is 3. The second-order valence-electron chi connectivity index (χ2n) is 4.55. The molecule has 1 aromatic carbocycles. The van der Waals surface area contributed by atoms with Gasteiger partial charge in [0.2, 0.25) is 0 Å². The van der Waals surface area contributed by atoms with Crippen molar-refractivity contribution in [3.05, 3.63) is 28.8 Å². The van der Waals surface area contributed by atoms with E-state index in [0.717, 1.165) is 6.42 Å². The van der Waals surface area contributed by atoms with Gasteiger partial charge in [-0.15, -0.1) is 0 Å². The van der Waals surface area contributed by atoms with Crippen molar-refractivity contribution in [2.45, 2.75) is 19.4 Å². The van der Waals surface area contributed by atoms with Crippen LogP contribution in [0.2, 0.25) is 5.02 Å². The number of nitrogens with one attached hydrogen (secondary N) is 1. The molecule has 6 heteroatoms. The van der Waals surface area contributed by atoms with Gasteiger partial charge in [-0.1, -0.05) is 18.5 Å². The molecular weight excluding hydrogens is 270 g/mol. The van der Waals surface area contributed by atoms with Gasteiger partial charge in [-0.3, -0.25) is 4.79 Å².